The van der Waals surface area contributed by atoms with Crippen molar-refractivity contribution < 1.29 is 4.79 Å². The molecule has 0 heterocycles. The minimum absolute atomic E-state index is 0.0187. The molecule has 1 amide bonds. The molecule has 3 nitrogen and oxygen atoms in total. The largest absolute Gasteiger partial charge is 0.381 e. The van der Waals surface area contributed by atoms with Gasteiger partial charge in [0.05, 0.1) is 0 Å². The highest BCUT2D eigenvalue weighted by Crippen LogP contribution is 2.16. The molecule has 2 aromatic carbocycles. The number of carbonyl (C=O) groups excluding carboxylic acids is 1. The summed E-state index contributed by atoms with van der Waals surface area (Å²) in [4.78, 5) is 13.5. The van der Waals surface area contributed by atoms with E-state index in [9.17, 15) is 4.79 Å². The Kier molecular flexibility index (Phi) is 4.63. The molecule has 2 aromatic rings. The number of nitrogens with one attached hydrogen (secondary N) is 1. The lowest BCUT2D eigenvalue weighted by Crippen LogP contribution is -2.21. The average molecular weight is 282 g/mol. The number of aryl methyl sites for hydroxylation is 2. The van der Waals surface area contributed by atoms with E-state index in [1.165, 1.54) is 16.7 Å². The van der Waals surface area contributed by atoms with Gasteiger partial charge in [-0.2, -0.15) is 0 Å². The molecule has 2 rings (SSSR count). The molecule has 0 fully saturated rings. The summed E-state index contributed by atoms with van der Waals surface area (Å²) in [5, 5.41) is 3.38. The van der Waals surface area contributed by atoms with E-state index >= 15 is 0 Å². The molecule has 0 aliphatic rings. The van der Waals surface area contributed by atoms with E-state index in [1.54, 1.807) is 19.0 Å². The van der Waals surface area contributed by atoms with Crippen LogP contribution in [0.5, 0.6) is 0 Å². The standard InChI is InChI=1S/C18H22N2O/c1-13-8-9-16(14(2)10-13)12-19-17-7-5-6-15(11-17)18(21)20(3)4/h5-11,19H,12H2,1-4H3. The van der Waals surface area contributed by atoms with Gasteiger partial charge in [0, 0.05) is 31.9 Å². The van der Waals surface area contributed by atoms with Crippen LogP contribution in [0.15, 0.2) is 42.5 Å². The van der Waals surface area contributed by atoms with Gasteiger partial charge >= 0.3 is 0 Å². The topological polar surface area (TPSA) is 32.3 Å². The van der Waals surface area contributed by atoms with E-state index in [2.05, 4.69) is 37.4 Å². The molecule has 0 radical (unpaired) electrons. The molecule has 1 N–H and O–H groups in total. The molecule has 3 heteroatoms. The SMILES string of the molecule is Cc1ccc(CNc2cccc(C(=O)N(C)C)c2)c(C)c1. The van der Waals surface area contributed by atoms with Crippen molar-refractivity contribution in [2.75, 3.05) is 19.4 Å². The minimum atomic E-state index is 0.0187. The van der Waals surface area contributed by atoms with Gasteiger partial charge in [-0.15, -0.1) is 0 Å². The van der Waals surface area contributed by atoms with Crippen molar-refractivity contribution >= 4 is 11.6 Å². The fourth-order valence-corrected chi connectivity index (χ4v) is 2.26. The van der Waals surface area contributed by atoms with Gasteiger partial charge in [0.15, 0.2) is 0 Å². The molecular weight excluding hydrogens is 260 g/mol. The Morgan fingerprint density at radius 1 is 1.10 bits per heavy atom. The maximum atomic E-state index is 12.0. The highest BCUT2D eigenvalue weighted by atomic mass is 16.2. The Morgan fingerprint density at radius 3 is 2.52 bits per heavy atom. The van der Waals surface area contributed by atoms with Crippen molar-refractivity contribution in [3.63, 3.8) is 0 Å². The molecular formula is C18H22N2O. The molecule has 0 bridgehead atoms. The first kappa shape index (κ1) is 15.1. The number of benzene rings is 2. The minimum Gasteiger partial charge on any atom is -0.381 e. The second kappa shape index (κ2) is 6.44. The van der Waals surface area contributed by atoms with Crippen molar-refractivity contribution in [3.8, 4) is 0 Å². The summed E-state index contributed by atoms with van der Waals surface area (Å²) in [6.07, 6.45) is 0. The first-order chi connectivity index (χ1) is 9.97. The maximum absolute atomic E-state index is 12.0. The summed E-state index contributed by atoms with van der Waals surface area (Å²) in [7, 11) is 3.52. The maximum Gasteiger partial charge on any atom is 0.253 e. The molecule has 0 unspecified atom stereocenters. The van der Waals surface area contributed by atoms with Gasteiger partial charge in [-0.05, 0) is 43.2 Å². The summed E-state index contributed by atoms with van der Waals surface area (Å²) >= 11 is 0. The van der Waals surface area contributed by atoms with Crippen LogP contribution < -0.4 is 5.32 Å². The number of carbonyl (C=O) groups is 1. The molecule has 110 valence electrons. The first-order valence-corrected chi connectivity index (χ1v) is 7.09. The van der Waals surface area contributed by atoms with E-state index in [-0.39, 0.29) is 5.91 Å². The van der Waals surface area contributed by atoms with Crippen LogP contribution in [-0.2, 0) is 6.54 Å². The van der Waals surface area contributed by atoms with Crippen LogP contribution in [0.4, 0.5) is 5.69 Å². The van der Waals surface area contributed by atoms with Crippen molar-refractivity contribution in [1.29, 1.82) is 0 Å². The van der Waals surface area contributed by atoms with E-state index < -0.39 is 0 Å². The van der Waals surface area contributed by atoms with Gasteiger partial charge in [-0.25, -0.2) is 0 Å². The average Bonchev–Trinajstić information content (AvgIpc) is 2.45. The van der Waals surface area contributed by atoms with Crippen molar-refractivity contribution in [2.24, 2.45) is 0 Å². The molecule has 0 saturated carbocycles. The fraction of sp³-hybridized carbons (Fsp3) is 0.278. The Labute approximate surface area is 126 Å². The lowest BCUT2D eigenvalue weighted by molar-refractivity contribution is 0.0827. The van der Waals surface area contributed by atoms with Gasteiger partial charge in [0.2, 0.25) is 0 Å². The zero-order valence-electron chi connectivity index (χ0n) is 13.1. The molecule has 0 atom stereocenters. The van der Waals surface area contributed by atoms with E-state index in [0.29, 0.717) is 5.56 Å². The molecule has 0 spiro atoms. The van der Waals surface area contributed by atoms with E-state index in [0.717, 1.165) is 12.2 Å². The number of hydrogen-bond donors (Lipinski definition) is 1. The van der Waals surface area contributed by atoms with Gasteiger partial charge in [0.25, 0.3) is 5.91 Å². The number of nitrogens with zero attached hydrogens (tertiary/aromatic N) is 1. The molecule has 0 aromatic heterocycles. The van der Waals surface area contributed by atoms with Crippen LogP contribution in [-0.4, -0.2) is 24.9 Å². The zero-order chi connectivity index (χ0) is 15.4. The third-order valence-electron chi connectivity index (χ3n) is 3.50. The summed E-state index contributed by atoms with van der Waals surface area (Å²) < 4.78 is 0. The summed E-state index contributed by atoms with van der Waals surface area (Å²) in [5.41, 5.74) is 5.48. The Morgan fingerprint density at radius 2 is 1.86 bits per heavy atom. The highest BCUT2D eigenvalue weighted by Gasteiger charge is 2.08. The summed E-state index contributed by atoms with van der Waals surface area (Å²) in [6.45, 7) is 4.97. The first-order valence-electron chi connectivity index (χ1n) is 7.09. The van der Waals surface area contributed by atoms with Gasteiger partial charge in [-0.1, -0.05) is 29.8 Å². The number of hydrogen-bond acceptors (Lipinski definition) is 2. The Balaban J connectivity index is 2.10. The van der Waals surface area contributed by atoms with E-state index in [4.69, 9.17) is 0 Å². The van der Waals surface area contributed by atoms with Crippen molar-refractivity contribution in [2.45, 2.75) is 20.4 Å². The predicted octanol–water partition coefficient (Wildman–Crippen LogP) is 3.62. The van der Waals surface area contributed by atoms with Crippen LogP contribution in [0.25, 0.3) is 0 Å². The number of anilines is 1. The summed E-state index contributed by atoms with van der Waals surface area (Å²) in [5.74, 6) is 0.0187. The van der Waals surface area contributed by atoms with Crippen LogP contribution in [0.2, 0.25) is 0 Å². The predicted molar refractivity (Wildman–Crippen MR) is 87.7 cm³/mol. The zero-order valence-corrected chi connectivity index (χ0v) is 13.1. The number of rotatable bonds is 4. The van der Waals surface area contributed by atoms with Crippen molar-refractivity contribution in [3.05, 3.63) is 64.7 Å². The third kappa shape index (κ3) is 3.85. The molecule has 0 aliphatic carbocycles. The lowest BCUT2D eigenvalue weighted by atomic mass is 10.1. The van der Waals surface area contributed by atoms with Crippen LogP contribution >= 0.6 is 0 Å². The Bertz CT molecular complexity index is 647. The fourth-order valence-electron chi connectivity index (χ4n) is 2.26. The second-order valence-electron chi connectivity index (χ2n) is 5.56. The van der Waals surface area contributed by atoms with E-state index in [1.807, 2.05) is 24.3 Å². The van der Waals surface area contributed by atoms with Gasteiger partial charge in [-0.3, -0.25) is 4.79 Å². The summed E-state index contributed by atoms with van der Waals surface area (Å²) in [6, 6.07) is 14.1. The van der Waals surface area contributed by atoms with Gasteiger partial charge < -0.3 is 10.2 Å². The Hall–Kier alpha value is -2.29. The molecule has 0 aliphatic heterocycles. The molecule has 21 heavy (non-hydrogen) atoms. The normalized spacial score (nSPS) is 10.3. The van der Waals surface area contributed by atoms with Crippen LogP contribution in [0.3, 0.4) is 0 Å². The lowest BCUT2D eigenvalue weighted by Gasteiger charge is -2.13. The third-order valence-corrected chi connectivity index (χ3v) is 3.50. The number of amides is 1. The van der Waals surface area contributed by atoms with Crippen LogP contribution in [0.1, 0.15) is 27.0 Å². The van der Waals surface area contributed by atoms with Crippen LogP contribution in [0, 0.1) is 13.8 Å². The smallest absolute Gasteiger partial charge is 0.253 e. The van der Waals surface area contributed by atoms with Crippen molar-refractivity contribution in [1.82, 2.24) is 4.90 Å². The van der Waals surface area contributed by atoms with Gasteiger partial charge in [0.1, 0.15) is 0 Å². The highest BCUT2D eigenvalue weighted by molar-refractivity contribution is 5.94. The quantitative estimate of drug-likeness (QED) is 0.929. The molecule has 0 saturated heterocycles. The monoisotopic (exact) mass is 282 g/mol. The second-order valence-corrected chi connectivity index (χ2v) is 5.56.